The van der Waals surface area contributed by atoms with Gasteiger partial charge in [-0.1, -0.05) is 0 Å². The fraction of sp³-hybridized carbons (Fsp3) is 0. The van der Waals surface area contributed by atoms with Gasteiger partial charge in [0, 0.05) is 38.2 Å². The van der Waals surface area contributed by atoms with Gasteiger partial charge < -0.3 is 0 Å². The van der Waals surface area contributed by atoms with Crippen molar-refractivity contribution < 1.29 is 4.57 Å². The average Bonchev–Trinajstić information content (AvgIpc) is 1.00. The van der Waals surface area contributed by atoms with Crippen molar-refractivity contribution in [2.45, 2.75) is 0 Å². The maximum Gasteiger partial charge on any atom is 0.138 e. The first kappa shape index (κ1) is 37.8. The van der Waals surface area contributed by atoms with E-state index in [0.717, 1.165) is 0 Å². The van der Waals surface area contributed by atoms with Gasteiger partial charge >= 0.3 is 0 Å². The van der Waals surface area contributed by atoms with Crippen molar-refractivity contribution in [3.63, 3.8) is 0 Å². The largest absolute Gasteiger partial charge is 0.279 e. The molecular formula is HBLiOPSi. The Kier molecular flexibility index (Phi) is 622. The van der Waals surface area contributed by atoms with Crippen LogP contribution in [0.3, 0.4) is 0 Å². The molecule has 0 rings (SSSR count). The van der Waals surface area contributed by atoms with Gasteiger partial charge in [0.25, 0.3) is 0 Å². The minimum absolute atomic E-state index is 0. The van der Waals surface area contributed by atoms with E-state index in [4.69, 9.17) is 4.57 Å². The molecule has 5 heavy (non-hydrogen) atoms. The fourth-order valence-corrected chi connectivity index (χ4v) is 0. The molecule has 0 heterocycles. The van der Waals surface area contributed by atoms with E-state index in [9.17, 15) is 0 Å². The Balaban J connectivity index is -0.00000000167. The summed E-state index contributed by atoms with van der Waals surface area (Å²) in [5.74, 6) is 0. The molecule has 0 spiro atoms. The first-order chi connectivity index (χ1) is 1.00. The van der Waals surface area contributed by atoms with Crippen LogP contribution in [0.25, 0.3) is 0 Å². The quantitative estimate of drug-likeness (QED) is 0.287. The SMILES string of the molecule is O=P.[B].[Li].[Si]. The van der Waals surface area contributed by atoms with Crippen LogP contribution in [-0.2, 0) is 4.57 Å². The molecule has 0 aliphatic rings. The Labute approximate surface area is 52.3 Å². The molecule has 20 valence electrons. The Morgan fingerprint density at radius 2 is 1.20 bits per heavy atom. The molecule has 0 aliphatic carbocycles. The van der Waals surface area contributed by atoms with Crippen molar-refractivity contribution in [1.82, 2.24) is 0 Å². The summed E-state index contributed by atoms with van der Waals surface area (Å²) in [5, 5.41) is 0. The molecule has 0 N–H and O–H groups in total. The van der Waals surface area contributed by atoms with E-state index in [1.807, 2.05) is 0 Å². The standard InChI is InChI=1S/B.Li.HOP.Si/c;;1-2;/h;;2H;. The average molecular weight is 93.8 g/mol. The molecule has 0 atom stereocenters. The van der Waals surface area contributed by atoms with Gasteiger partial charge in [-0.2, -0.15) is 0 Å². The Hall–Kier alpha value is 0.979. The van der Waals surface area contributed by atoms with Gasteiger partial charge in [0.2, 0.25) is 0 Å². The maximum atomic E-state index is 8.06. The fourth-order valence-electron chi connectivity index (χ4n) is 0. The van der Waals surface area contributed by atoms with Gasteiger partial charge in [-0.15, -0.1) is 0 Å². The Morgan fingerprint density at radius 3 is 1.20 bits per heavy atom. The molecule has 0 saturated heterocycles. The van der Waals surface area contributed by atoms with Crippen LogP contribution in [0.5, 0.6) is 0 Å². The van der Waals surface area contributed by atoms with Crippen LogP contribution >= 0.6 is 9.12 Å². The monoisotopic (exact) mass is 94.0 g/mol. The molecule has 1 nitrogen and oxygen atoms in total. The van der Waals surface area contributed by atoms with Crippen LogP contribution in [0.4, 0.5) is 0 Å². The summed E-state index contributed by atoms with van der Waals surface area (Å²) in [6.07, 6.45) is 0. The molecular weight excluding hydrogens is 92.8 g/mol. The molecule has 0 aliphatic heterocycles. The molecule has 0 aromatic carbocycles. The molecule has 0 unspecified atom stereocenters. The topological polar surface area (TPSA) is 17.1 Å². The molecule has 0 aromatic rings. The minimum Gasteiger partial charge on any atom is -0.279 e. The van der Waals surface area contributed by atoms with Crippen LogP contribution < -0.4 is 0 Å². The number of hydrogen-bond acceptors (Lipinski definition) is 1. The van der Waals surface area contributed by atoms with Crippen LogP contribution in [0.2, 0.25) is 0 Å². The zero-order valence-corrected chi connectivity index (χ0v) is 4.99. The van der Waals surface area contributed by atoms with Gasteiger partial charge in [0.05, 0.1) is 0 Å². The van der Waals surface area contributed by atoms with Crippen LogP contribution in [0, 0.1) is 0 Å². The normalized spacial score (nSPS) is 0.800. The molecule has 0 saturated carbocycles. The van der Waals surface area contributed by atoms with Crippen LogP contribution in [-0.4, -0.2) is 38.2 Å². The molecule has 0 aromatic heterocycles. The van der Waals surface area contributed by atoms with E-state index in [2.05, 4.69) is 0 Å². The van der Waals surface area contributed by atoms with Gasteiger partial charge in [-0.25, -0.2) is 0 Å². The smallest absolute Gasteiger partial charge is 0.138 e. The van der Waals surface area contributed by atoms with Gasteiger partial charge in [0.15, 0.2) is 0 Å². The number of rotatable bonds is 0. The Bertz CT molecular complexity index is 11.6. The van der Waals surface area contributed by atoms with E-state index >= 15 is 0 Å². The van der Waals surface area contributed by atoms with Gasteiger partial charge in [-0.05, 0) is 0 Å². The maximum absolute atomic E-state index is 8.06. The second-order valence-corrected chi connectivity index (χ2v) is 0. The third kappa shape index (κ3) is 46.1. The van der Waals surface area contributed by atoms with E-state index < -0.39 is 0 Å². The molecule has 5 heteroatoms. The summed E-state index contributed by atoms with van der Waals surface area (Å²) in [6.45, 7) is 0. The van der Waals surface area contributed by atoms with Gasteiger partial charge in [-0.3, -0.25) is 4.57 Å². The molecule has 8 radical (unpaired) electrons. The summed E-state index contributed by atoms with van der Waals surface area (Å²) in [7, 11) is 1.72. The second kappa shape index (κ2) is 82.2. The summed E-state index contributed by atoms with van der Waals surface area (Å²) in [6, 6.07) is 0. The van der Waals surface area contributed by atoms with Crippen molar-refractivity contribution in [1.29, 1.82) is 0 Å². The van der Waals surface area contributed by atoms with Crippen molar-refractivity contribution in [2.24, 2.45) is 0 Å². The third-order valence-corrected chi connectivity index (χ3v) is 0. The second-order valence-electron chi connectivity index (χ2n) is 0. The van der Waals surface area contributed by atoms with Crippen molar-refractivity contribution >= 4 is 47.4 Å². The summed E-state index contributed by atoms with van der Waals surface area (Å²) >= 11 is 0. The summed E-state index contributed by atoms with van der Waals surface area (Å²) < 4.78 is 8.06. The first-order valence-electron chi connectivity index (χ1n) is 0.204. The van der Waals surface area contributed by atoms with E-state index in [-0.39, 0.29) is 38.2 Å². The predicted molar refractivity (Wildman–Crippen MR) is 26.3 cm³/mol. The van der Waals surface area contributed by atoms with Crippen molar-refractivity contribution in [3.8, 4) is 0 Å². The first-order valence-corrected chi connectivity index (χ1v) is 0.612. The van der Waals surface area contributed by atoms with E-state index in [1.165, 1.54) is 0 Å². The molecule has 0 amide bonds. The van der Waals surface area contributed by atoms with Crippen LogP contribution in [0.15, 0.2) is 0 Å². The van der Waals surface area contributed by atoms with E-state index in [0.29, 0.717) is 0 Å². The van der Waals surface area contributed by atoms with E-state index in [1.54, 1.807) is 9.12 Å². The van der Waals surface area contributed by atoms with Crippen molar-refractivity contribution in [2.75, 3.05) is 0 Å². The minimum atomic E-state index is 0. The van der Waals surface area contributed by atoms with Crippen molar-refractivity contribution in [3.05, 3.63) is 0 Å². The Morgan fingerprint density at radius 1 is 1.20 bits per heavy atom. The summed E-state index contributed by atoms with van der Waals surface area (Å²) in [4.78, 5) is 0. The zero-order valence-electron chi connectivity index (χ0n) is 2.99. The number of hydrogen-bond donors (Lipinski definition) is 0. The predicted octanol–water partition coefficient (Wildman–Crippen LogP) is -0.668. The van der Waals surface area contributed by atoms with Crippen LogP contribution in [0.1, 0.15) is 0 Å². The molecule has 0 bridgehead atoms. The third-order valence-electron chi connectivity index (χ3n) is 0. The molecule has 0 fully saturated rings. The zero-order chi connectivity index (χ0) is 2.00. The van der Waals surface area contributed by atoms with Gasteiger partial charge in [0.1, 0.15) is 9.12 Å². The summed E-state index contributed by atoms with van der Waals surface area (Å²) in [5.41, 5.74) is 0.